The molecule has 0 atom stereocenters. The van der Waals surface area contributed by atoms with Gasteiger partial charge in [0.15, 0.2) is 5.02 Å². The second-order valence-corrected chi connectivity index (χ2v) is 4.31. The molecule has 0 unspecified atom stereocenters. The van der Waals surface area contributed by atoms with E-state index in [1.165, 1.54) is 21.3 Å². The van der Waals surface area contributed by atoms with Gasteiger partial charge in [-0.2, -0.15) is 9.97 Å². The lowest BCUT2D eigenvalue weighted by Crippen LogP contribution is -2.05. The van der Waals surface area contributed by atoms with Crippen LogP contribution in [0.25, 0.3) is 0 Å². The Hall–Kier alpha value is -2.54. The lowest BCUT2D eigenvalue weighted by molar-refractivity contribution is 0.0598. The fourth-order valence-corrected chi connectivity index (χ4v) is 1.88. The van der Waals surface area contributed by atoms with Crippen molar-refractivity contribution in [3.63, 3.8) is 0 Å². The van der Waals surface area contributed by atoms with Gasteiger partial charge in [-0.15, -0.1) is 0 Å². The number of ether oxygens (including phenoxy) is 4. The first-order valence-corrected chi connectivity index (χ1v) is 6.49. The van der Waals surface area contributed by atoms with Crippen LogP contribution in [0.3, 0.4) is 0 Å². The van der Waals surface area contributed by atoms with Gasteiger partial charge in [0, 0.05) is 0 Å². The average Bonchev–Trinajstić information content (AvgIpc) is 2.56. The molecular weight excluding hydrogens is 312 g/mol. The molecule has 0 aliphatic rings. The highest BCUT2D eigenvalue weighted by Gasteiger charge is 2.18. The van der Waals surface area contributed by atoms with Crippen molar-refractivity contribution in [3.05, 3.63) is 34.9 Å². The highest BCUT2D eigenvalue weighted by Crippen LogP contribution is 2.34. The number of nitrogens with zero attached hydrogens (tertiary/aromatic N) is 2. The maximum absolute atomic E-state index is 11.7. The lowest BCUT2D eigenvalue weighted by atomic mass is 10.2. The summed E-state index contributed by atoms with van der Waals surface area (Å²) in [6.45, 7) is 0. The van der Waals surface area contributed by atoms with Crippen LogP contribution in [0.15, 0.2) is 24.3 Å². The molecule has 0 N–H and O–H groups in total. The number of carbonyl (C=O) groups excluding carboxylic acids is 1. The molecule has 7 nitrogen and oxygen atoms in total. The van der Waals surface area contributed by atoms with Crippen molar-refractivity contribution in [3.8, 4) is 23.5 Å². The number of esters is 1. The minimum absolute atomic E-state index is 0.0746. The molecule has 1 heterocycles. The lowest BCUT2D eigenvalue weighted by Gasteiger charge is -2.11. The second-order valence-electron chi connectivity index (χ2n) is 3.93. The number of hydrogen-bond donors (Lipinski definition) is 0. The van der Waals surface area contributed by atoms with Gasteiger partial charge in [0.1, 0.15) is 11.3 Å². The largest absolute Gasteiger partial charge is 0.480 e. The number of para-hydroxylation sites is 1. The van der Waals surface area contributed by atoms with Gasteiger partial charge in [-0.3, -0.25) is 0 Å². The number of methoxy groups -OCH3 is 3. The topological polar surface area (TPSA) is 79.8 Å². The van der Waals surface area contributed by atoms with Crippen molar-refractivity contribution in [2.24, 2.45) is 0 Å². The van der Waals surface area contributed by atoms with Crippen LogP contribution in [0.4, 0.5) is 0 Å². The molecule has 0 saturated heterocycles. The Morgan fingerprint density at radius 3 is 2.18 bits per heavy atom. The Balaban J connectivity index is 2.41. The molecule has 0 saturated carbocycles. The molecule has 0 amide bonds. The number of halogens is 1. The zero-order chi connectivity index (χ0) is 16.1. The zero-order valence-corrected chi connectivity index (χ0v) is 12.9. The molecule has 116 valence electrons. The molecule has 0 aliphatic heterocycles. The van der Waals surface area contributed by atoms with Gasteiger partial charge < -0.3 is 18.9 Å². The predicted octanol–water partition coefficient (Wildman–Crippen LogP) is 2.73. The van der Waals surface area contributed by atoms with Gasteiger partial charge in [0.25, 0.3) is 0 Å². The van der Waals surface area contributed by atoms with E-state index in [9.17, 15) is 4.79 Å². The van der Waals surface area contributed by atoms with Crippen LogP contribution in [-0.4, -0.2) is 37.3 Å². The summed E-state index contributed by atoms with van der Waals surface area (Å²) in [5, 5.41) is 0.124. The van der Waals surface area contributed by atoms with Crippen molar-refractivity contribution in [1.29, 1.82) is 0 Å². The number of benzene rings is 1. The van der Waals surface area contributed by atoms with Crippen molar-refractivity contribution in [2.45, 2.75) is 0 Å². The molecule has 2 rings (SSSR count). The van der Waals surface area contributed by atoms with Crippen LogP contribution in [-0.2, 0) is 4.74 Å². The molecule has 0 aliphatic carbocycles. The van der Waals surface area contributed by atoms with Crippen LogP contribution >= 0.6 is 11.6 Å². The first-order valence-electron chi connectivity index (χ1n) is 6.11. The van der Waals surface area contributed by atoms with Crippen LogP contribution in [0.1, 0.15) is 10.4 Å². The number of carbonyl (C=O) groups is 1. The summed E-state index contributed by atoms with van der Waals surface area (Å²) in [6, 6.07) is 6.46. The van der Waals surface area contributed by atoms with E-state index in [4.69, 9.17) is 30.5 Å². The van der Waals surface area contributed by atoms with Gasteiger partial charge in [-0.05, 0) is 12.1 Å². The molecule has 0 radical (unpaired) electrons. The third kappa shape index (κ3) is 3.20. The zero-order valence-electron chi connectivity index (χ0n) is 12.1. The molecule has 1 aromatic heterocycles. The van der Waals surface area contributed by atoms with Crippen molar-refractivity contribution < 1.29 is 23.7 Å². The van der Waals surface area contributed by atoms with Crippen LogP contribution in [0, 0.1) is 0 Å². The first-order chi connectivity index (χ1) is 10.6. The minimum atomic E-state index is -0.538. The fourth-order valence-electron chi connectivity index (χ4n) is 1.64. The van der Waals surface area contributed by atoms with E-state index in [0.717, 1.165) is 0 Å². The van der Waals surface area contributed by atoms with Crippen LogP contribution in [0.2, 0.25) is 5.02 Å². The van der Waals surface area contributed by atoms with E-state index in [2.05, 4.69) is 9.97 Å². The van der Waals surface area contributed by atoms with Crippen molar-refractivity contribution >= 4 is 17.6 Å². The summed E-state index contributed by atoms with van der Waals surface area (Å²) in [5.74, 6) is -0.109. The van der Waals surface area contributed by atoms with Crippen molar-refractivity contribution in [1.82, 2.24) is 9.97 Å². The van der Waals surface area contributed by atoms with Gasteiger partial charge >= 0.3 is 12.0 Å². The normalized spacial score (nSPS) is 10.0. The van der Waals surface area contributed by atoms with Crippen molar-refractivity contribution in [2.75, 3.05) is 21.3 Å². The van der Waals surface area contributed by atoms with Gasteiger partial charge in [0.05, 0.1) is 21.3 Å². The Bertz CT molecular complexity index is 668. The smallest absolute Gasteiger partial charge is 0.341 e. The van der Waals surface area contributed by atoms with Gasteiger partial charge in [-0.25, -0.2) is 4.79 Å². The van der Waals surface area contributed by atoms with Gasteiger partial charge in [-0.1, -0.05) is 23.7 Å². The molecule has 0 fully saturated rings. The number of aromatic nitrogens is 2. The molecule has 0 bridgehead atoms. The molecular formula is C14H13ClN2O5. The highest BCUT2D eigenvalue weighted by atomic mass is 35.5. The monoisotopic (exact) mass is 324 g/mol. The summed E-state index contributed by atoms with van der Waals surface area (Å²) in [4.78, 5) is 19.7. The Kier molecular flexibility index (Phi) is 5.00. The fraction of sp³-hybridized carbons (Fsp3) is 0.214. The Morgan fingerprint density at radius 1 is 1.05 bits per heavy atom. The van der Waals surface area contributed by atoms with Crippen LogP contribution in [0.5, 0.6) is 23.5 Å². The second kappa shape index (κ2) is 6.95. The van der Waals surface area contributed by atoms with Gasteiger partial charge in [0.2, 0.25) is 11.8 Å². The molecule has 0 spiro atoms. The SMILES string of the molecule is COC(=O)c1ccccc1Oc1nc(OC)c(Cl)c(OC)n1. The Morgan fingerprint density at radius 2 is 1.64 bits per heavy atom. The van der Waals surface area contributed by atoms with E-state index >= 15 is 0 Å². The summed E-state index contributed by atoms with van der Waals surface area (Å²) >= 11 is 5.98. The standard InChI is InChI=1S/C14H13ClN2O5/c1-19-11-10(15)12(20-2)17-14(16-11)22-9-7-5-4-6-8(9)13(18)21-3/h4-7H,1-3H3. The molecule has 22 heavy (non-hydrogen) atoms. The number of rotatable bonds is 5. The summed E-state index contributed by atoms with van der Waals surface area (Å²) in [7, 11) is 4.09. The summed E-state index contributed by atoms with van der Waals surface area (Å²) in [6.07, 6.45) is 0. The molecule has 8 heteroatoms. The quantitative estimate of drug-likeness (QED) is 0.782. The maximum Gasteiger partial charge on any atom is 0.341 e. The van der Waals surface area contributed by atoms with E-state index in [1.54, 1.807) is 24.3 Å². The summed E-state index contributed by atoms with van der Waals surface area (Å²) < 4.78 is 20.3. The van der Waals surface area contributed by atoms with E-state index in [-0.39, 0.29) is 34.1 Å². The van der Waals surface area contributed by atoms with Crippen LogP contribution < -0.4 is 14.2 Å². The average molecular weight is 325 g/mol. The summed E-state index contributed by atoms with van der Waals surface area (Å²) in [5.41, 5.74) is 0.237. The Labute approximate surface area is 131 Å². The maximum atomic E-state index is 11.7. The van der Waals surface area contributed by atoms with E-state index in [0.29, 0.717) is 0 Å². The number of hydrogen-bond acceptors (Lipinski definition) is 7. The molecule has 2 aromatic rings. The van der Waals surface area contributed by atoms with E-state index in [1.807, 2.05) is 0 Å². The highest BCUT2D eigenvalue weighted by molar-refractivity contribution is 6.33. The third-order valence-corrected chi connectivity index (χ3v) is 2.97. The third-order valence-electron chi connectivity index (χ3n) is 2.65. The molecule has 1 aromatic carbocycles. The minimum Gasteiger partial charge on any atom is -0.480 e. The van der Waals surface area contributed by atoms with E-state index < -0.39 is 5.97 Å². The predicted molar refractivity (Wildman–Crippen MR) is 78.0 cm³/mol. The first kappa shape index (κ1) is 15.8.